The summed E-state index contributed by atoms with van der Waals surface area (Å²) in [5, 5.41) is 9.54. The van der Waals surface area contributed by atoms with Gasteiger partial charge in [0.1, 0.15) is 29.4 Å². The van der Waals surface area contributed by atoms with E-state index in [9.17, 15) is 18.3 Å². The molecule has 0 saturated heterocycles. The van der Waals surface area contributed by atoms with Crippen LogP contribution in [0.2, 0.25) is 0 Å². The Morgan fingerprint density at radius 1 is 0.775 bits per heavy atom. The molecule has 3 rings (SSSR count). The summed E-state index contributed by atoms with van der Waals surface area (Å²) in [6, 6.07) is 19.3. The van der Waals surface area contributed by atoms with E-state index < -0.39 is 16.0 Å². The van der Waals surface area contributed by atoms with Gasteiger partial charge >= 0.3 is 5.97 Å². The molecule has 0 aliphatic carbocycles. The Labute approximate surface area is 237 Å². The topological polar surface area (TPSA) is 102 Å². The van der Waals surface area contributed by atoms with Gasteiger partial charge in [0.25, 0.3) is 0 Å². The number of carbonyl (C=O) groups is 1. The second-order valence-electron chi connectivity index (χ2n) is 10.1. The van der Waals surface area contributed by atoms with Crippen molar-refractivity contribution in [1.29, 1.82) is 0 Å². The lowest BCUT2D eigenvalue weighted by Gasteiger charge is -2.18. The molecule has 8 nitrogen and oxygen atoms in total. The van der Waals surface area contributed by atoms with Gasteiger partial charge in [-0.15, -0.1) is 0 Å². The minimum Gasteiger partial charge on any atom is -0.493 e. The zero-order valence-electron chi connectivity index (χ0n) is 23.8. The third-order valence-electron chi connectivity index (χ3n) is 6.48. The Kier molecular flexibility index (Phi) is 11.0. The minimum absolute atomic E-state index is 0.0158. The summed E-state index contributed by atoms with van der Waals surface area (Å²) in [6.07, 6.45) is 0.552. The predicted molar refractivity (Wildman–Crippen MR) is 155 cm³/mol. The first-order valence-electron chi connectivity index (χ1n) is 13.4. The lowest BCUT2D eigenvalue weighted by Crippen LogP contribution is -2.31. The number of likely N-dealkylation sites (N-methyl/N-ethyl adjacent to an activating group) is 1. The van der Waals surface area contributed by atoms with Crippen molar-refractivity contribution < 1.29 is 32.5 Å². The highest BCUT2D eigenvalue weighted by molar-refractivity contribution is 7.89. The summed E-state index contributed by atoms with van der Waals surface area (Å²) in [5.41, 5.74) is 2.32. The molecule has 0 aliphatic rings. The van der Waals surface area contributed by atoms with E-state index in [-0.39, 0.29) is 36.0 Å². The summed E-state index contributed by atoms with van der Waals surface area (Å²) in [5.74, 6) is 0.978. The lowest BCUT2D eigenvalue weighted by molar-refractivity contribution is 0.0692. The number of hydrogen-bond acceptors (Lipinski definition) is 6. The number of hydrogen-bond donors (Lipinski definition) is 1. The van der Waals surface area contributed by atoms with Gasteiger partial charge in [-0.25, -0.2) is 13.2 Å². The molecule has 0 unspecified atom stereocenters. The number of rotatable bonds is 15. The molecule has 0 atom stereocenters. The van der Waals surface area contributed by atoms with Crippen molar-refractivity contribution >= 4 is 16.0 Å². The molecule has 0 fully saturated rings. The summed E-state index contributed by atoms with van der Waals surface area (Å²) in [7, 11) is -2.17. The molecular formula is C31H39NO7S. The smallest absolute Gasteiger partial charge is 0.339 e. The lowest BCUT2D eigenvalue weighted by atomic mass is 10.0. The molecule has 0 heterocycles. The Balaban J connectivity index is 1.51. The Hall–Kier alpha value is -3.56. The highest BCUT2D eigenvalue weighted by Crippen LogP contribution is 2.26. The molecule has 0 radical (unpaired) electrons. The maximum absolute atomic E-state index is 12.9. The number of nitrogens with zero attached hydrogens (tertiary/aromatic N) is 1. The molecule has 0 saturated carbocycles. The van der Waals surface area contributed by atoms with Crippen molar-refractivity contribution in [2.75, 3.05) is 33.4 Å². The summed E-state index contributed by atoms with van der Waals surface area (Å²) in [6.45, 7) is 9.23. The van der Waals surface area contributed by atoms with Crippen LogP contribution in [0.3, 0.4) is 0 Å². The molecule has 0 aromatic heterocycles. The second kappa shape index (κ2) is 14.2. The molecule has 0 aliphatic heterocycles. The van der Waals surface area contributed by atoms with E-state index in [1.54, 1.807) is 12.1 Å². The third-order valence-corrected chi connectivity index (χ3v) is 8.35. The number of carboxylic acid groups (broad SMARTS) is 1. The van der Waals surface area contributed by atoms with E-state index in [1.165, 1.54) is 35.1 Å². The Morgan fingerprint density at radius 2 is 1.30 bits per heavy atom. The van der Waals surface area contributed by atoms with Gasteiger partial charge in [0, 0.05) is 26.1 Å². The van der Waals surface area contributed by atoms with Crippen LogP contribution in [0.4, 0.5) is 0 Å². The molecule has 1 N–H and O–H groups in total. The summed E-state index contributed by atoms with van der Waals surface area (Å²) in [4.78, 5) is 11.9. The predicted octanol–water partition coefficient (Wildman–Crippen LogP) is 6.18. The summed E-state index contributed by atoms with van der Waals surface area (Å²) >= 11 is 0. The van der Waals surface area contributed by atoms with Crippen LogP contribution in [0, 0.1) is 0 Å². The first-order valence-corrected chi connectivity index (χ1v) is 14.8. The number of benzene rings is 3. The minimum atomic E-state index is -3.67. The van der Waals surface area contributed by atoms with E-state index in [4.69, 9.17) is 14.2 Å². The average Bonchev–Trinajstić information content (AvgIpc) is 2.93. The van der Waals surface area contributed by atoms with Gasteiger partial charge in [-0.1, -0.05) is 52.0 Å². The van der Waals surface area contributed by atoms with Crippen LogP contribution in [0.1, 0.15) is 67.4 Å². The van der Waals surface area contributed by atoms with Crippen molar-refractivity contribution in [3.63, 3.8) is 0 Å². The zero-order valence-corrected chi connectivity index (χ0v) is 24.6. The van der Waals surface area contributed by atoms with Gasteiger partial charge < -0.3 is 19.3 Å². The maximum Gasteiger partial charge on any atom is 0.339 e. The Bertz CT molecular complexity index is 1350. The highest BCUT2D eigenvalue weighted by atomic mass is 32.2. The zero-order chi connectivity index (χ0) is 29.3. The average molecular weight is 570 g/mol. The second-order valence-corrected chi connectivity index (χ2v) is 12.2. The third kappa shape index (κ3) is 8.47. The van der Waals surface area contributed by atoms with Gasteiger partial charge in [0.15, 0.2) is 0 Å². The van der Waals surface area contributed by atoms with E-state index in [2.05, 4.69) is 27.7 Å². The van der Waals surface area contributed by atoms with Crippen LogP contribution < -0.4 is 14.2 Å². The van der Waals surface area contributed by atoms with Crippen LogP contribution >= 0.6 is 0 Å². The molecule has 9 heteroatoms. The van der Waals surface area contributed by atoms with Gasteiger partial charge in [0.05, 0.1) is 18.1 Å². The number of carboxylic acids is 1. The van der Waals surface area contributed by atoms with E-state index >= 15 is 0 Å². The fourth-order valence-electron chi connectivity index (χ4n) is 3.89. The SMILES string of the molecule is CC(C)c1ccc(OCCCOc2cc(OCCN(C)S(=O)(=O)c3ccc(C(C)C)cc3)ccc2C(=O)O)cc1. The molecule has 0 bridgehead atoms. The Morgan fingerprint density at radius 3 is 1.88 bits per heavy atom. The first-order chi connectivity index (χ1) is 19.0. The molecule has 0 amide bonds. The van der Waals surface area contributed by atoms with Crippen LogP contribution in [-0.2, 0) is 10.0 Å². The van der Waals surface area contributed by atoms with Crippen molar-refractivity contribution in [3.8, 4) is 17.2 Å². The van der Waals surface area contributed by atoms with Gasteiger partial charge in [-0.3, -0.25) is 0 Å². The van der Waals surface area contributed by atoms with Gasteiger partial charge in [0.2, 0.25) is 10.0 Å². The monoisotopic (exact) mass is 569 g/mol. The quantitative estimate of drug-likeness (QED) is 0.218. The molecule has 0 spiro atoms. The van der Waals surface area contributed by atoms with E-state index in [0.717, 1.165) is 11.3 Å². The highest BCUT2D eigenvalue weighted by Gasteiger charge is 2.21. The fraction of sp³-hybridized carbons (Fsp3) is 0.387. The fourth-order valence-corrected chi connectivity index (χ4v) is 5.04. The van der Waals surface area contributed by atoms with Crippen molar-refractivity contribution in [1.82, 2.24) is 4.31 Å². The van der Waals surface area contributed by atoms with Gasteiger partial charge in [-0.2, -0.15) is 4.31 Å². The maximum atomic E-state index is 12.9. The van der Waals surface area contributed by atoms with E-state index in [0.29, 0.717) is 30.6 Å². The van der Waals surface area contributed by atoms with Crippen LogP contribution in [0.25, 0.3) is 0 Å². The largest absolute Gasteiger partial charge is 0.493 e. The van der Waals surface area contributed by atoms with Crippen molar-refractivity contribution in [3.05, 3.63) is 83.4 Å². The number of sulfonamides is 1. The van der Waals surface area contributed by atoms with Crippen LogP contribution in [0.5, 0.6) is 17.2 Å². The van der Waals surface area contributed by atoms with Crippen LogP contribution in [0.15, 0.2) is 71.6 Å². The number of aromatic carboxylic acids is 1. The molecule has 3 aromatic rings. The first kappa shape index (κ1) is 31.0. The van der Waals surface area contributed by atoms with Crippen LogP contribution in [-0.4, -0.2) is 57.2 Å². The molecule has 216 valence electrons. The molecule has 3 aromatic carbocycles. The summed E-state index contributed by atoms with van der Waals surface area (Å²) < 4.78 is 44.3. The number of ether oxygens (including phenoxy) is 3. The normalized spacial score (nSPS) is 11.7. The van der Waals surface area contributed by atoms with Crippen molar-refractivity contribution in [2.45, 2.75) is 50.8 Å². The standard InChI is InChI=1S/C31H39NO7S/c1-22(2)24-7-11-26(12-8-24)37-18-6-19-39-30-21-27(13-16-29(30)31(33)34)38-20-17-32(5)40(35,36)28-14-9-25(10-15-28)23(3)4/h7-16,21-23H,6,17-20H2,1-5H3,(H,33,34). The van der Waals surface area contributed by atoms with Crippen molar-refractivity contribution in [2.24, 2.45) is 0 Å². The molecular weight excluding hydrogens is 530 g/mol. The molecule has 40 heavy (non-hydrogen) atoms. The van der Waals surface area contributed by atoms with E-state index in [1.807, 2.05) is 36.4 Å². The van der Waals surface area contributed by atoms with Gasteiger partial charge in [-0.05, 0) is 59.4 Å².